The molecule has 0 bridgehead atoms. The number of aliphatic hydroxyl groups is 2. The van der Waals surface area contributed by atoms with Crippen molar-refractivity contribution in [1.29, 1.82) is 0 Å². The first-order valence-electron chi connectivity index (χ1n) is 6.37. The summed E-state index contributed by atoms with van der Waals surface area (Å²) in [5, 5.41) is 55.2. The van der Waals surface area contributed by atoms with E-state index < -0.39 is 46.9 Å². The average Bonchev–Trinajstić information content (AvgIpc) is 2.44. The zero-order valence-electron chi connectivity index (χ0n) is 11.3. The largest absolute Gasteiger partial charge is 0.479 e. The van der Waals surface area contributed by atoms with Gasteiger partial charge in [-0.2, -0.15) is 0 Å². The molecule has 10 nitrogen and oxygen atoms in total. The highest BCUT2D eigenvalue weighted by Crippen LogP contribution is 2.40. The standard InChI is InChI=1S/C12H16O10/c13-7(14)11(21,8(15)16)5-1-2-6(4-3-5)12(22,9(17)18)10(19)20/h5-6,21-22H,1-4H2,(H,13,14)(H,15,16)(H,17,18)(H,19,20). The Kier molecular flexibility index (Phi) is 4.78. The van der Waals surface area contributed by atoms with Crippen molar-refractivity contribution in [2.45, 2.75) is 36.9 Å². The number of carbonyl (C=O) groups is 4. The quantitative estimate of drug-likeness (QED) is 0.317. The van der Waals surface area contributed by atoms with E-state index >= 15 is 0 Å². The van der Waals surface area contributed by atoms with Crippen LogP contribution < -0.4 is 0 Å². The van der Waals surface area contributed by atoms with E-state index in [1.807, 2.05) is 0 Å². The fourth-order valence-electron chi connectivity index (χ4n) is 2.81. The van der Waals surface area contributed by atoms with Gasteiger partial charge in [-0.15, -0.1) is 0 Å². The van der Waals surface area contributed by atoms with Crippen LogP contribution in [0.5, 0.6) is 0 Å². The molecule has 0 aromatic heterocycles. The summed E-state index contributed by atoms with van der Waals surface area (Å²) in [7, 11) is 0. The van der Waals surface area contributed by atoms with Crippen LogP contribution in [0.15, 0.2) is 0 Å². The lowest BCUT2D eigenvalue weighted by Crippen LogP contribution is -2.57. The van der Waals surface area contributed by atoms with Crippen molar-refractivity contribution in [3.8, 4) is 0 Å². The Labute approximate surface area is 123 Å². The minimum atomic E-state index is -3.03. The predicted molar refractivity (Wildman–Crippen MR) is 65.9 cm³/mol. The highest BCUT2D eigenvalue weighted by Gasteiger charge is 2.57. The minimum absolute atomic E-state index is 0.247. The van der Waals surface area contributed by atoms with Gasteiger partial charge in [-0.3, -0.25) is 0 Å². The summed E-state index contributed by atoms with van der Waals surface area (Å²) in [6, 6.07) is 0. The first-order valence-corrected chi connectivity index (χ1v) is 6.37. The van der Waals surface area contributed by atoms with Crippen LogP contribution in [0.25, 0.3) is 0 Å². The summed E-state index contributed by atoms with van der Waals surface area (Å²) in [4.78, 5) is 44.0. The number of hydrogen-bond donors (Lipinski definition) is 6. The number of carboxylic acids is 4. The van der Waals surface area contributed by atoms with E-state index in [2.05, 4.69) is 0 Å². The molecule has 0 spiro atoms. The van der Waals surface area contributed by atoms with E-state index in [0.717, 1.165) is 0 Å². The zero-order valence-corrected chi connectivity index (χ0v) is 11.3. The molecule has 1 aliphatic rings. The molecule has 1 fully saturated rings. The van der Waals surface area contributed by atoms with Crippen LogP contribution in [0.2, 0.25) is 0 Å². The average molecular weight is 320 g/mol. The molecule has 0 unspecified atom stereocenters. The Bertz CT molecular complexity index is 428. The van der Waals surface area contributed by atoms with Gasteiger partial charge >= 0.3 is 23.9 Å². The summed E-state index contributed by atoms with van der Waals surface area (Å²) in [5.74, 6) is -10.2. The van der Waals surface area contributed by atoms with Gasteiger partial charge in [-0.1, -0.05) is 0 Å². The van der Waals surface area contributed by atoms with E-state index in [0.29, 0.717) is 0 Å². The number of carboxylic acid groups (broad SMARTS) is 4. The topological polar surface area (TPSA) is 190 Å². The molecule has 1 rings (SSSR count). The van der Waals surface area contributed by atoms with Crippen LogP contribution in [0.3, 0.4) is 0 Å². The Hall–Kier alpha value is -2.20. The maximum Gasteiger partial charge on any atom is 0.347 e. The molecule has 0 aromatic carbocycles. The van der Waals surface area contributed by atoms with Crippen molar-refractivity contribution < 1.29 is 49.8 Å². The van der Waals surface area contributed by atoms with Gasteiger partial charge in [-0.05, 0) is 25.7 Å². The van der Waals surface area contributed by atoms with Crippen molar-refractivity contribution in [3.63, 3.8) is 0 Å². The van der Waals surface area contributed by atoms with Crippen LogP contribution in [-0.2, 0) is 19.2 Å². The van der Waals surface area contributed by atoms with E-state index in [1.165, 1.54) is 0 Å². The van der Waals surface area contributed by atoms with Crippen molar-refractivity contribution in [1.82, 2.24) is 0 Å². The molecule has 0 heterocycles. The third-order valence-electron chi connectivity index (χ3n) is 4.21. The number of hydrogen-bond acceptors (Lipinski definition) is 6. The lowest BCUT2D eigenvalue weighted by atomic mass is 9.68. The van der Waals surface area contributed by atoms with Crippen molar-refractivity contribution in [2.24, 2.45) is 11.8 Å². The Morgan fingerprint density at radius 3 is 0.909 bits per heavy atom. The Morgan fingerprint density at radius 2 is 0.773 bits per heavy atom. The molecule has 0 atom stereocenters. The normalized spacial score (nSPS) is 22.8. The number of aliphatic carboxylic acids is 4. The van der Waals surface area contributed by atoms with Gasteiger partial charge in [0.2, 0.25) is 0 Å². The Morgan fingerprint density at radius 1 is 0.591 bits per heavy atom. The molecule has 1 aliphatic carbocycles. The van der Waals surface area contributed by atoms with Crippen molar-refractivity contribution in [3.05, 3.63) is 0 Å². The third-order valence-corrected chi connectivity index (χ3v) is 4.21. The fourth-order valence-corrected chi connectivity index (χ4v) is 2.81. The molecule has 124 valence electrons. The molecule has 0 aliphatic heterocycles. The minimum Gasteiger partial charge on any atom is -0.479 e. The second-order valence-corrected chi connectivity index (χ2v) is 5.30. The summed E-state index contributed by atoms with van der Waals surface area (Å²) in [6.07, 6.45) is -0.990. The van der Waals surface area contributed by atoms with Gasteiger partial charge in [0, 0.05) is 11.8 Å². The monoisotopic (exact) mass is 320 g/mol. The van der Waals surface area contributed by atoms with Gasteiger partial charge in [0.15, 0.2) is 0 Å². The van der Waals surface area contributed by atoms with Gasteiger partial charge < -0.3 is 30.6 Å². The summed E-state index contributed by atoms with van der Waals surface area (Å²) in [6.45, 7) is 0. The molecule has 6 N–H and O–H groups in total. The Balaban J connectivity index is 2.95. The predicted octanol–water partition coefficient (Wildman–Crippen LogP) is -1.41. The van der Waals surface area contributed by atoms with Crippen LogP contribution in [0.1, 0.15) is 25.7 Å². The van der Waals surface area contributed by atoms with Gasteiger partial charge in [0.05, 0.1) is 0 Å². The molecule has 1 saturated carbocycles. The van der Waals surface area contributed by atoms with E-state index in [9.17, 15) is 29.4 Å². The van der Waals surface area contributed by atoms with Crippen molar-refractivity contribution >= 4 is 23.9 Å². The second kappa shape index (κ2) is 5.89. The van der Waals surface area contributed by atoms with Crippen LogP contribution >= 0.6 is 0 Å². The zero-order chi connectivity index (χ0) is 17.3. The molecule has 22 heavy (non-hydrogen) atoms. The molecular weight excluding hydrogens is 304 g/mol. The summed E-state index contributed by atoms with van der Waals surface area (Å²) >= 11 is 0. The van der Waals surface area contributed by atoms with Gasteiger partial charge in [-0.25, -0.2) is 19.2 Å². The molecule has 0 radical (unpaired) electrons. The SMILES string of the molecule is O=C(O)C(O)(C(=O)O)C1CCC(C(O)(C(=O)O)C(=O)O)CC1. The summed E-state index contributed by atoms with van der Waals surface area (Å²) in [5.41, 5.74) is -6.06. The summed E-state index contributed by atoms with van der Waals surface area (Å²) < 4.78 is 0. The smallest absolute Gasteiger partial charge is 0.347 e. The van der Waals surface area contributed by atoms with E-state index in [4.69, 9.17) is 20.4 Å². The molecule has 0 aromatic rings. The van der Waals surface area contributed by atoms with Crippen LogP contribution in [0, 0.1) is 11.8 Å². The highest BCUT2D eigenvalue weighted by molar-refractivity contribution is 6.02. The van der Waals surface area contributed by atoms with Gasteiger partial charge in [0.1, 0.15) is 0 Å². The maximum atomic E-state index is 11.0. The van der Waals surface area contributed by atoms with Crippen LogP contribution in [0.4, 0.5) is 0 Å². The second-order valence-electron chi connectivity index (χ2n) is 5.30. The maximum absolute atomic E-state index is 11.0. The highest BCUT2D eigenvalue weighted by atomic mass is 16.5. The third kappa shape index (κ3) is 2.62. The molecule has 0 amide bonds. The van der Waals surface area contributed by atoms with Crippen molar-refractivity contribution in [2.75, 3.05) is 0 Å². The molecule has 0 saturated heterocycles. The first kappa shape index (κ1) is 17.9. The van der Waals surface area contributed by atoms with E-state index in [1.54, 1.807) is 0 Å². The lowest BCUT2D eigenvalue weighted by Gasteiger charge is -2.38. The van der Waals surface area contributed by atoms with Crippen LogP contribution in [-0.4, -0.2) is 65.7 Å². The molecular formula is C12H16O10. The fraction of sp³-hybridized carbons (Fsp3) is 0.667. The molecule has 10 heteroatoms. The van der Waals surface area contributed by atoms with E-state index in [-0.39, 0.29) is 25.7 Å². The lowest BCUT2D eigenvalue weighted by molar-refractivity contribution is -0.192. The van der Waals surface area contributed by atoms with Gasteiger partial charge in [0.25, 0.3) is 11.2 Å². The first-order chi connectivity index (χ1) is 9.98. The number of rotatable bonds is 6.